The first-order valence-electron chi connectivity index (χ1n) is 6.62. The highest BCUT2D eigenvalue weighted by atomic mass is 35.5. The van der Waals surface area contributed by atoms with Crippen LogP contribution >= 0.6 is 11.6 Å². The van der Waals surface area contributed by atoms with Crippen molar-refractivity contribution in [2.45, 2.75) is 6.54 Å². The molecule has 8 nitrogen and oxygen atoms in total. The van der Waals surface area contributed by atoms with Gasteiger partial charge in [-0.1, -0.05) is 0 Å². The Hall–Kier alpha value is -2.74. The number of nitrogens with zero attached hydrogens (tertiary/aromatic N) is 5. The molecule has 3 rings (SSSR count). The summed E-state index contributed by atoms with van der Waals surface area (Å²) in [5, 5.41) is 0.0278. The van der Waals surface area contributed by atoms with Crippen molar-refractivity contribution in [3.05, 3.63) is 51.6 Å². The molecule has 0 amide bonds. The molecule has 0 atom stereocenters. The van der Waals surface area contributed by atoms with Gasteiger partial charge in [0.05, 0.1) is 31.2 Å². The van der Waals surface area contributed by atoms with Gasteiger partial charge in [0.1, 0.15) is 0 Å². The Morgan fingerprint density at radius 3 is 2.78 bits per heavy atom. The summed E-state index contributed by atoms with van der Waals surface area (Å²) in [7, 11) is 3.00. The van der Waals surface area contributed by atoms with Crippen LogP contribution in [0.3, 0.4) is 0 Å². The molecule has 0 N–H and O–H groups in total. The van der Waals surface area contributed by atoms with Crippen molar-refractivity contribution >= 4 is 28.7 Å². The van der Waals surface area contributed by atoms with Crippen molar-refractivity contribution in [2.75, 3.05) is 7.11 Å². The Morgan fingerprint density at radius 1 is 1.35 bits per heavy atom. The smallest absolute Gasteiger partial charge is 0.339 e. The van der Waals surface area contributed by atoms with Crippen LogP contribution in [0.4, 0.5) is 0 Å². The minimum Gasteiger partial charge on any atom is -0.465 e. The molecule has 9 heteroatoms. The molecule has 0 aliphatic heterocycles. The number of aryl methyl sites for hydroxylation is 1. The molecule has 0 aliphatic carbocycles. The lowest BCUT2D eigenvalue weighted by atomic mass is 10.2. The Bertz CT molecular complexity index is 945. The molecule has 0 aromatic carbocycles. The molecule has 0 aliphatic rings. The fourth-order valence-corrected chi connectivity index (χ4v) is 2.38. The zero-order chi connectivity index (χ0) is 16.6. The molecular weight excluding hydrogens is 322 g/mol. The summed E-state index contributed by atoms with van der Waals surface area (Å²) in [5.74, 6) is -0.475. The highest BCUT2D eigenvalue weighted by Crippen LogP contribution is 2.11. The molecule has 0 unspecified atom stereocenters. The number of carbonyl (C=O) groups excluding carboxylic acids is 1. The van der Waals surface area contributed by atoms with E-state index >= 15 is 0 Å². The van der Waals surface area contributed by atoms with Crippen LogP contribution in [0.1, 0.15) is 16.1 Å². The lowest BCUT2D eigenvalue weighted by molar-refractivity contribution is 0.0600. The molecule has 0 saturated heterocycles. The van der Waals surface area contributed by atoms with Gasteiger partial charge in [0, 0.05) is 13.2 Å². The predicted octanol–water partition coefficient (Wildman–Crippen LogP) is 1.01. The molecule has 0 saturated carbocycles. The van der Waals surface area contributed by atoms with E-state index in [1.54, 1.807) is 23.7 Å². The fraction of sp³-hybridized carbons (Fsp3) is 0.214. The highest BCUT2D eigenvalue weighted by molar-refractivity contribution is 6.28. The van der Waals surface area contributed by atoms with Crippen molar-refractivity contribution in [1.82, 2.24) is 24.1 Å². The quantitative estimate of drug-likeness (QED) is 0.525. The Labute approximate surface area is 135 Å². The molecule has 118 valence electrons. The SMILES string of the molecule is COC(=O)c1ccc(Cn2c(Cl)nc3ncn(C)c3c2=O)nc1. The second-order valence-corrected chi connectivity index (χ2v) is 5.17. The molecule has 0 bridgehead atoms. The normalized spacial score (nSPS) is 10.9. The number of rotatable bonds is 3. The molecule has 0 spiro atoms. The van der Waals surface area contributed by atoms with Gasteiger partial charge in [-0.05, 0) is 23.7 Å². The van der Waals surface area contributed by atoms with Gasteiger partial charge in [-0.3, -0.25) is 14.3 Å². The summed E-state index contributed by atoms with van der Waals surface area (Å²) >= 11 is 6.07. The van der Waals surface area contributed by atoms with Crippen molar-refractivity contribution in [1.29, 1.82) is 0 Å². The number of halogens is 1. The van der Waals surface area contributed by atoms with Crippen LogP contribution in [0.15, 0.2) is 29.5 Å². The van der Waals surface area contributed by atoms with Crippen LogP contribution in [0.2, 0.25) is 5.28 Å². The largest absolute Gasteiger partial charge is 0.465 e. The summed E-state index contributed by atoms with van der Waals surface area (Å²) in [4.78, 5) is 36.2. The number of imidazole rings is 1. The molecule has 0 radical (unpaired) electrons. The Balaban J connectivity index is 2.00. The third-order valence-electron chi connectivity index (χ3n) is 3.35. The van der Waals surface area contributed by atoms with Gasteiger partial charge in [-0.25, -0.2) is 9.78 Å². The Morgan fingerprint density at radius 2 is 2.13 bits per heavy atom. The number of methoxy groups -OCH3 is 1. The number of fused-ring (bicyclic) bond motifs is 1. The van der Waals surface area contributed by atoms with E-state index in [2.05, 4.69) is 19.7 Å². The van der Waals surface area contributed by atoms with Crippen LogP contribution in [0.25, 0.3) is 11.2 Å². The summed E-state index contributed by atoms with van der Waals surface area (Å²) in [6, 6.07) is 3.20. The standard InChI is InChI=1S/C14H12ClN5O3/c1-19-7-17-11-10(19)12(21)20(14(15)18-11)6-9-4-3-8(5-16-9)13(22)23-2/h3-5,7H,6H2,1-2H3. The van der Waals surface area contributed by atoms with E-state index in [0.29, 0.717) is 22.4 Å². The monoisotopic (exact) mass is 333 g/mol. The maximum Gasteiger partial charge on any atom is 0.339 e. The first kappa shape index (κ1) is 15.2. The number of hydrogen-bond donors (Lipinski definition) is 0. The summed E-state index contributed by atoms with van der Waals surface area (Å²) in [5.41, 5.74) is 1.24. The van der Waals surface area contributed by atoms with E-state index in [9.17, 15) is 9.59 Å². The van der Waals surface area contributed by atoms with Gasteiger partial charge in [0.25, 0.3) is 5.56 Å². The van der Waals surface area contributed by atoms with Crippen LogP contribution in [-0.2, 0) is 18.3 Å². The first-order chi connectivity index (χ1) is 11.0. The van der Waals surface area contributed by atoms with Crippen LogP contribution in [0.5, 0.6) is 0 Å². The number of ether oxygens (including phenoxy) is 1. The molecule has 3 aromatic heterocycles. The van der Waals surface area contributed by atoms with E-state index in [1.165, 1.54) is 24.2 Å². The van der Waals surface area contributed by atoms with Crippen molar-refractivity contribution in [3.63, 3.8) is 0 Å². The number of aromatic nitrogens is 5. The second kappa shape index (κ2) is 5.81. The third kappa shape index (κ3) is 2.68. The van der Waals surface area contributed by atoms with Crippen molar-refractivity contribution < 1.29 is 9.53 Å². The minimum absolute atomic E-state index is 0.0278. The van der Waals surface area contributed by atoms with E-state index in [0.717, 1.165) is 0 Å². The lowest BCUT2D eigenvalue weighted by Crippen LogP contribution is -2.24. The van der Waals surface area contributed by atoms with Crippen LogP contribution in [-0.4, -0.2) is 37.2 Å². The number of carbonyl (C=O) groups is 1. The maximum absolute atomic E-state index is 12.5. The summed E-state index contributed by atoms with van der Waals surface area (Å²) < 4.78 is 7.50. The predicted molar refractivity (Wildman–Crippen MR) is 82.5 cm³/mol. The molecule has 3 aromatic rings. The van der Waals surface area contributed by atoms with Gasteiger partial charge >= 0.3 is 5.97 Å². The molecule has 23 heavy (non-hydrogen) atoms. The van der Waals surface area contributed by atoms with Crippen molar-refractivity contribution in [2.24, 2.45) is 7.05 Å². The van der Waals surface area contributed by atoms with Gasteiger partial charge in [-0.2, -0.15) is 4.98 Å². The second-order valence-electron chi connectivity index (χ2n) is 4.83. The fourth-order valence-electron chi connectivity index (χ4n) is 2.16. The van der Waals surface area contributed by atoms with E-state index < -0.39 is 5.97 Å². The average molecular weight is 334 g/mol. The maximum atomic E-state index is 12.5. The summed E-state index contributed by atoms with van der Waals surface area (Å²) in [6.07, 6.45) is 2.89. The Kier molecular flexibility index (Phi) is 3.83. The van der Waals surface area contributed by atoms with Gasteiger partial charge in [0.2, 0.25) is 5.28 Å². The molecular formula is C14H12ClN5O3. The summed E-state index contributed by atoms with van der Waals surface area (Å²) in [6.45, 7) is 0.132. The van der Waals surface area contributed by atoms with E-state index in [-0.39, 0.29) is 17.4 Å². The molecule has 3 heterocycles. The van der Waals surface area contributed by atoms with Gasteiger partial charge in [-0.15, -0.1) is 0 Å². The zero-order valence-corrected chi connectivity index (χ0v) is 13.1. The first-order valence-corrected chi connectivity index (χ1v) is 6.99. The van der Waals surface area contributed by atoms with E-state index in [4.69, 9.17) is 11.6 Å². The van der Waals surface area contributed by atoms with Gasteiger partial charge in [0.15, 0.2) is 11.2 Å². The number of pyridine rings is 1. The van der Waals surface area contributed by atoms with E-state index in [1.807, 2.05) is 0 Å². The van der Waals surface area contributed by atoms with Crippen molar-refractivity contribution in [3.8, 4) is 0 Å². The third-order valence-corrected chi connectivity index (χ3v) is 3.64. The zero-order valence-electron chi connectivity index (χ0n) is 12.4. The minimum atomic E-state index is -0.475. The average Bonchev–Trinajstić information content (AvgIpc) is 2.92. The molecule has 0 fully saturated rings. The van der Waals surface area contributed by atoms with Crippen LogP contribution in [0, 0.1) is 0 Å². The topological polar surface area (TPSA) is 91.9 Å². The number of esters is 1. The number of hydrogen-bond acceptors (Lipinski definition) is 6. The lowest BCUT2D eigenvalue weighted by Gasteiger charge is -2.08. The van der Waals surface area contributed by atoms with Crippen LogP contribution < -0.4 is 5.56 Å². The highest BCUT2D eigenvalue weighted by Gasteiger charge is 2.14. The van der Waals surface area contributed by atoms with Gasteiger partial charge < -0.3 is 9.30 Å².